The fraction of sp³-hybridized carbons (Fsp3) is 0.0769. The number of nitrogens with one attached hydrogen (secondary N) is 2. The summed E-state index contributed by atoms with van der Waals surface area (Å²) in [6, 6.07) is 21.6. The number of benzene rings is 3. The number of H-pyrrole nitrogens is 2. The number of ether oxygens (including phenoxy) is 2. The summed E-state index contributed by atoms with van der Waals surface area (Å²) >= 11 is 0. The summed E-state index contributed by atoms with van der Waals surface area (Å²) in [5.41, 5.74) is 3.01. The maximum atomic E-state index is 11.2. The van der Waals surface area contributed by atoms with Crippen molar-refractivity contribution in [3.8, 4) is 57.1 Å². The first-order chi connectivity index (χ1) is 17.4. The van der Waals surface area contributed by atoms with Crippen molar-refractivity contribution >= 4 is 11.9 Å². The Labute approximate surface area is 205 Å². The molecule has 5 rings (SSSR count). The second-order valence-corrected chi connectivity index (χ2v) is 7.84. The lowest BCUT2D eigenvalue weighted by molar-refractivity contribution is -0.132. The third kappa shape index (κ3) is 5.02. The van der Waals surface area contributed by atoms with E-state index >= 15 is 0 Å². The molecule has 10 heteroatoms. The molecular weight excluding hydrogens is 460 g/mol. The maximum absolute atomic E-state index is 11.2. The zero-order valence-electron chi connectivity index (χ0n) is 19.4. The summed E-state index contributed by atoms with van der Waals surface area (Å²) < 4.78 is 10.3. The van der Waals surface area contributed by atoms with Crippen molar-refractivity contribution in [1.82, 2.24) is 30.4 Å². The Hall–Kier alpha value is -5.12. The first-order valence-corrected chi connectivity index (χ1v) is 11.0. The Bertz CT molecular complexity index is 1460. The summed E-state index contributed by atoms with van der Waals surface area (Å²) in [4.78, 5) is 31.7. The predicted molar refractivity (Wildman–Crippen MR) is 131 cm³/mol. The van der Waals surface area contributed by atoms with E-state index in [1.54, 1.807) is 36.4 Å². The summed E-state index contributed by atoms with van der Waals surface area (Å²) in [6.07, 6.45) is 0. The lowest BCUT2D eigenvalue weighted by Gasteiger charge is -2.02. The minimum Gasteiger partial charge on any atom is -0.427 e. The largest absolute Gasteiger partial charge is 0.427 e. The molecule has 0 spiro atoms. The molecular formula is C26H20N6O4. The van der Waals surface area contributed by atoms with Crippen LogP contribution in [0.25, 0.3) is 45.6 Å². The first kappa shape index (κ1) is 22.7. The third-order valence-electron chi connectivity index (χ3n) is 5.09. The quantitative estimate of drug-likeness (QED) is 0.269. The smallest absolute Gasteiger partial charge is 0.308 e. The Balaban J connectivity index is 1.39. The number of nitrogens with zero attached hydrogens (tertiary/aromatic N) is 4. The summed E-state index contributed by atoms with van der Waals surface area (Å²) in [6.45, 7) is 2.70. The highest BCUT2D eigenvalue weighted by molar-refractivity contribution is 5.72. The minimum atomic E-state index is -0.394. The van der Waals surface area contributed by atoms with Crippen LogP contribution in [0.4, 0.5) is 0 Å². The van der Waals surface area contributed by atoms with Crippen LogP contribution in [0, 0.1) is 0 Å². The molecule has 0 saturated heterocycles. The monoisotopic (exact) mass is 480 g/mol. The predicted octanol–water partition coefficient (Wildman–Crippen LogP) is 4.44. The van der Waals surface area contributed by atoms with Crippen molar-refractivity contribution in [2.24, 2.45) is 0 Å². The molecule has 0 saturated carbocycles. The van der Waals surface area contributed by atoms with E-state index in [2.05, 4.69) is 30.4 Å². The van der Waals surface area contributed by atoms with Crippen LogP contribution in [0.5, 0.6) is 11.5 Å². The zero-order chi connectivity index (χ0) is 25.1. The van der Waals surface area contributed by atoms with Crippen molar-refractivity contribution in [3.63, 3.8) is 0 Å². The highest BCUT2D eigenvalue weighted by atomic mass is 16.5. The molecule has 0 aliphatic heterocycles. The molecule has 2 heterocycles. The summed E-state index contributed by atoms with van der Waals surface area (Å²) in [5, 5.41) is 14.5. The van der Waals surface area contributed by atoms with Gasteiger partial charge in [0.05, 0.1) is 0 Å². The molecule has 3 aromatic carbocycles. The van der Waals surface area contributed by atoms with Crippen molar-refractivity contribution in [1.29, 1.82) is 0 Å². The molecule has 5 aromatic rings. The molecule has 0 fully saturated rings. The number of aromatic nitrogens is 6. The van der Waals surface area contributed by atoms with Gasteiger partial charge in [-0.15, -0.1) is 0 Å². The molecule has 0 aliphatic rings. The number of carbonyl (C=O) groups is 2. The fourth-order valence-corrected chi connectivity index (χ4v) is 3.58. The van der Waals surface area contributed by atoms with Gasteiger partial charge in [-0.2, -0.15) is 10.2 Å². The van der Waals surface area contributed by atoms with Gasteiger partial charge < -0.3 is 9.47 Å². The maximum Gasteiger partial charge on any atom is 0.308 e. The van der Waals surface area contributed by atoms with Gasteiger partial charge in [-0.25, -0.2) is 9.97 Å². The molecule has 10 nitrogen and oxygen atoms in total. The van der Waals surface area contributed by atoms with Crippen LogP contribution in [0.2, 0.25) is 0 Å². The molecule has 0 unspecified atom stereocenters. The van der Waals surface area contributed by atoms with E-state index < -0.39 is 11.9 Å². The average molecular weight is 480 g/mol. The van der Waals surface area contributed by atoms with Gasteiger partial charge in [-0.1, -0.05) is 42.5 Å². The van der Waals surface area contributed by atoms with Gasteiger partial charge in [-0.3, -0.25) is 19.8 Å². The van der Waals surface area contributed by atoms with Crippen molar-refractivity contribution in [2.45, 2.75) is 13.8 Å². The molecule has 2 aromatic heterocycles. The standard InChI is InChI=1S/C26H20N6O4/c1-15(33)35-21-10-4-8-19(13-21)25-27-23(29-31-25)17-6-3-7-18(12-17)24-28-26(32-30-24)20-9-5-11-22(14-20)36-16(2)34/h3-14H,1-2H3,(H,27,29,31)(H,28,30,32). The number of esters is 2. The van der Waals surface area contributed by atoms with Gasteiger partial charge in [-0.05, 0) is 30.3 Å². The average Bonchev–Trinajstić information content (AvgIpc) is 3.55. The van der Waals surface area contributed by atoms with E-state index in [-0.39, 0.29) is 0 Å². The SMILES string of the molecule is CC(=O)Oc1cccc(-c2nc(-c3cccc(-c4n[nH]c(-c5cccc(OC(C)=O)c5)n4)c3)n[nH]2)c1. The molecule has 0 atom stereocenters. The number of carbonyl (C=O) groups excluding carboxylic acids is 2. The van der Waals surface area contributed by atoms with Crippen molar-refractivity contribution in [2.75, 3.05) is 0 Å². The number of aromatic amines is 2. The van der Waals surface area contributed by atoms with Crippen LogP contribution in [-0.4, -0.2) is 42.3 Å². The number of hydrogen-bond donors (Lipinski definition) is 2. The van der Waals surface area contributed by atoms with Gasteiger partial charge in [0.2, 0.25) is 0 Å². The van der Waals surface area contributed by atoms with Crippen LogP contribution < -0.4 is 9.47 Å². The molecule has 0 radical (unpaired) electrons. The third-order valence-corrected chi connectivity index (χ3v) is 5.09. The van der Waals surface area contributed by atoms with Gasteiger partial charge in [0.25, 0.3) is 0 Å². The van der Waals surface area contributed by atoms with Gasteiger partial charge in [0.15, 0.2) is 23.3 Å². The summed E-state index contributed by atoms with van der Waals surface area (Å²) in [5.74, 6) is 2.14. The van der Waals surface area contributed by atoms with E-state index in [1.807, 2.05) is 36.4 Å². The lowest BCUT2D eigenvalue weighted by Crippen LogP contribution is -2.01. The van der Waals surface area contributed by atoms with Crippen LogP contribution in [0.1, 0.15) is 13.8 Å². The second kappa shape index (κ2) is 9.63. The first-order valence-electron chi connectivity index (χ1n) is 11.0. The molecule has 0 aliphatic carbocycles. The van der Waals surface area contributed by atoms with Crippen molar-refractivity contribution in [3.05, 3.63) is 72.8 Å². The minimum absolute atomic E-state index is 0.394. The molecule has 0 bridgehead atoms. The zero-order valence-corrected chi connectivity index (χ0v) is 19.4. The van der Waals surface area contributed by atoms with Gasteiger partial charge >= 0.3 is 11.9 Å². The van der Waals surface area contributed by atoms with Crippen LogP contribution in [0.15, 0.2) is 72.8 Å². The Morgan fingerprint density at radius 2 is 1.03 bits per heavy atom. The summed E-state index contributed by atoms with van der Waals surface area (Å²) in [7, 11) is 0. The van der Waals surface area contributed by atoms with E-state index in [4.69, 9.17) is 9.47 Å². The van der Waals surface area contributed by atoms with E-state index in [9.17, 15) is 9.59 Å². The molecule has 36 heavy (non-hydrogen) atoms. The molecule has 178 valence electrons. The van der Waals surface area contributed by atoms with Gasteiger partial charge in [0.1, 0.15) is 11.5 Å². The Kier molecular flexibility index (Phi) is 6.06. The van der Waals surface area contributed by atoms with Crippen molar-refractivity contribution < 1.29 is 19.1 Å². The number of rotatable bonds is 6. The van der Waals surface area contributed by atoms with E-state index in [0.717, 1.165) is 22.3 Å². The number of hydrogen-bond acceptors (Lipinski definition) is 8. The van der Waals surface area contributed by atoms with Crippen LogP contribution in [-0.2, 0) is 9.59 Å². The topological polar surface area (TPSA) is 136 Å². The highest BCUT2D eigenvalue weighted by Gasteiger charge is 2.13. The van der Waals surface area contributed by atoms with E-state index in [1.165, 1.54) is 13.8 Å². The normalized spacial score (nSPS) is 10.7. The van der Waals surface area contributed by atoms with E-state index in [0.29, 0.717) is 34.8 Å². The highest BCUT2D eigenvalue weighted by Crippen LogP contribution is 2.27. The lowest BCUT2D eigenvalue weighted by atomic mass is 10.1. The Morgan fingerprint density at radius 3 is 1.47 bits per heavy atom. The fourth-order valence-electron chi connectivity index (χ4n) is 3.58. The van der Waals surface area contributed by atoms with Crippen LogP contribution in [0.3, 0.4) is 0 Å². The molecule has 2 N–H and O–H groups in total. The van der Waals surface area contributed by atoms with Crippen LogP contribution >= 0.6 is 0 Å². The second-order valence-electron chi connectivity index (χ2n) is 7.84. The van der Waals surface area contributed by atoms with Gasteiger partial charge in [0, 0.05) is 36.1 Å². The Morgan fingerprint density at radius 1 is 0.611 bits per heavy atom. The molecule has 0 amide bonds.